The summed E-state index contributed by atoms with van der Waals surface area (Å²) in [6, 6.07) is 7.27. The molecule has 0 aliphatic heterocycles. The Morgan fingerprint density at radius 3 is 2.87 bits per heavy atom. The molecule has 0 aliphatic carbocycles. The number of hydrogen-bond acceptors (Lipinski definition) is 2. The molecule has 1 amide bonds. The van der Waals surface area contributed by atoms with E-state index in [1.54, 1.807) is 12.1 Å². The van der Waals surface area contributed by atoms with Crippen molar-refractivity contribution >= 4 is 23.5 Å². The van der Waals surface area contributed by atoms with Crippen LogP contribution in [0.15, 0.2) is 29.2 Å². The largest absolute Gasteiger partial charge is 0.465 e. The van der Waals surface area contributed by atoms with Crippen LogP contribution in [0.1, 0.15) is 0 Å². The third-order valence-electron chi connectivity index (χ3n) is 1.82. The number of rotatable bonds is 3. The first-order valence-corrected chi connectivity index (χ1v) is 5.27. The van der Waals surface area contributed by atoms with Gasteiger partial charge in [-0.1, -0.05) is 18.1 Å². The highest BCUT2D eigenvalue weighted by Crippen LogP contribution is 2.28. The Bertz CT molecular complexity index is 398. The molecule has 0 atom stereocenters. The van der Waals surface area contributed by atoms with E-state index in [9.17, 15) is 4.79 Å². The van der Waals surface area contributed by atoms with Gasteiger partial charge < -0.3 is 5.11 Å². The van der Waals surface area contributed by atoms with Crippen molar-refractivity contribution in [1.29, 1.82) is 0 Å². The van der Waals surface area contributed by atoms with E-state index < -0.39 is 6.09 Å². The molecule has 3 nitrogen and oxygen atoms in total. The quantitative estimate of drug-likeness (QED) is 0.630. The van der Waals surface area contributed by atoms with Gasteiger partial charge in [-0.05, 0) is 12.1 Å². The molecule has 0 fully saturated rings. The second kappa shape index (κ2) is 5.32. The average molecular weight is 221 g/mol. The molecular formula is C11H11NO2S. The SMILES string of the molecule is C#CCSc1ccccc1N(C)C(=O)O. The number of para-hydroxylation sites is 1. The van der Waals surface area contributed by atoms with Gasteiger partial charge in [-0.15, -0.1) is 18.2 Å². The number of benzene rings is 1. The van der Waals surface area contributed by atoms with Crippen LogP contribution in [0.4, 0.5) is 10.5 Å². The molecule has 0 bridgehead atoms. The van der Waals surface area contributed by atoms with E-state index in [0.29, 0.717) is 11.4 Å². The monoisotopic (exact) mass is 221 g/mol. The summed E-state index contributed by atoms with van der Waals surface area (Å²) in [6.45, 7) is 0. The second-order valence-corrected chi connectivity index (χ2v) is 3.82. The zero-order valence-corrected chi connectivity index (χ0v) is 9.12. The Kier molecular flexibility index (Phi) is 4.07. The van der Waals surface area contributed by atoms with E-state index >= 15 is 0 Å². The third kappa shape index (κ3) is 2.93. The number of anilines is 1. The van der Waals surface area contributed by atoms with Crippen molar-refractivity contribution in [3.05, 3.63) is 24.3 Å². The molecular weight excluding hydrogens is 210 g/mol. The Hall–Kier alpha value is -1.60. The van der Waals surface area contributed by atoms with E-state index in [4.69, 9.17) is 11.5 Å². The molecule has 0 aromatic heterocycles. The number of carboxylic acid groups (broad SMARTS) is 1. The number of nitrogens with zero attached hydrogens (tertiary/aromatic N) is 1. The first-order chi connectivity index (χ1) is 7.16. The molecule has 0 aliphatic rings. The highest BCUT2D eigenvalue weighted by atomic mass is 32.2. The molecule has 0 saturated carbocycles. The van der Waals surface area contributed by atoms with E-state index in [1.807, 2.05) is 12.1 Å². The zero-order valence-electron chi connectivity index (χ0n) is 8.30. The second-order valence-electron chi connectivity index (χ2n) is 2.80. The fourth-order valence-electron chi connectivity index (χ4n) is 1.08. The van der Waals surface area contributed by atoms with E-state index in [0.717, 1.165) is 4.90 Å². The van der Waals surface area contributed by atoms with Gasteiger partial charge >= 0.3 is 6.09 Å². The van der Waals surface area contributed by atoms with Gasteiger partial charge in [0.05, 0.1) is 11.4 Å². The predicted molar refractivity (Wildman–Crippen MR) is 62.4 cm³/mol. The van der Waals surface area contributed by atoms with Crippen LogP contribution in [-0.2, 0) is 0 Å². The van der Waals surface area contributed by atoms with E-state index in [2.05, 4.69) is 5.92 Å². The van der Waals surface area contributed by atoms with Crippen molar-refractivity contribution in [3.8, 4) is 12.3 Å². The number of hydrogen-bond donors (Lipinski definition) is 1. The van der Waals surface area contributed by atoms with Crippen molar-refractivity contribution in [2.75, 3.05) is 17.7 Å². The van der Waals surface area contributed by atoms with Crippen LogP contribution in [0.25, 0.3) is 0 Å². The minimum atomic E-state index is -0.983. The topological polar surface area (TPSA) is 40.5 Å². The maximum absolute atomic E-state index is 10.8. The Morgan fingerprint density at radius 2 is 2.27 bits per heavy atom. The smallest absolute Gasteiger partial charge is 0.411 e. The molecule has 1 aromatic rings. The molecule has 0 radical (unpaired) electrons. The van der Waals surface area contributed by atoms with Gasteiger partial charge in [0.15, 0.2) is 0 Å². The van der Waals surface area contributed by atoms with Gasteiger partial charge in [0.1, 0.15) is 0 Å². The Morgan fingerprint density at radius 1 is 1.60 bits per heavy atom. The standard InChI is InChI=1S/C11H11NO2S/c1-3-8-15-10-7-5-4-6-9(10)12(2)11(13)14/h1,4-7H,8H2,2H3,(H,13,14). The first-order valence-electron chi connectivity index (χ1n) is 4.28. The summed E-state index contributed by atoms with van der Waals surface area (Å²) in [7, 11) is 1.51. The van der Waals surface area contributed by atoms with Gasteiger partial charge in [-0.3, -0.25) is 4.90 Å². The van der Waals surface area contributed by atoms with Crippen LogP contribution in [0.5, 0.6) is 0 Å². The third-order valence-corrected chi connectivity index (χ3v) is 2.79. The minimum absolute atomic E-state index is 0.532. The van der Waals surface area contributed by atoms with Gasteiger partial charge in [0, 0.05) is 11.9 Å². The minimum Gasteiger partial charge on any atom is -0.465 e. The summed E-state index contributed by atoms with van der Waals surface area (Å²) in [5, 5.41) is 8.86. The molecule has 0 saturated heterocycles. The summed E-state index contributed by atoms with van der Waals surface area (Å²) in [4.78, 5) is 12.9. The van der Waals surface area contributed by atoms with Crippen molar-refractivity contribution in [1.82, 2.24) is 0 Å². The molecule has 0 heterocycles. The molecule has 78 valence electrons. The molecule has 0 spiro atoms. The van der Waals surface area contributed by atoms with Crippen LogP contribution < -0.4 is 4.90 Å². The first kappa shape index (κ1) is 11.5. The van der Waals surface area contributed by atoms with Gasteiger partial charge in [0.25, 0.3) is 0 Å². The van der Waals surface area contributed by atoms with Gasteiger partial charge in [-0.25, -0.2) is 4.79 Å². The van der Waals surface area contributed by atoms with Crippen LogP contribution in [0, 0.1) is 12.3 Å². The lowest BCUT2D eigenvalue weighted by Crippen LogP contribution is -2.24. The summed E-state index contributed by atoms with van der Waals surface area (Å²) in [6.07, 6.45) is 4.18. The molecule has 1 aromatic carbocycles. The summed E-state index contributed by atoms with van der Waals surface area (Å²) < 4.78 is 0. The Balaban J connectivity index is 2.96. The van der Waals surface area contributed by atoms with E-state index in [-0.39, 0.29) is 0 Å². The maximum atomic E-state index is 10.8. The van der Waals surface area contributed by atoms with Crippen LogP contribution in [0.3, 0.4) is 0 Å². The van der Waals surface area contributed by atoms with Crippen molar-refractivity contribution in [3.63, 3.8) is 0 Å². The highest BCUT2D eigenvalue weighted by molar-refractivity contribution is 7.99. The summed E-state index contributed by atoms with van der Waals surface area (Å²) in [5.74, 6) is 3.04. The van der Waals surface area contributed by atoms with Gasteiger partial charge in [-0.2, -0.15) is 0 Å². The van der Waals surface area contributed by atoms with E-state index in [1.165, 1.54) is 23.7 Å². The lowest BCUT2D eigenvalue weighted by Gasteiger charge is -2.16. The average Bonchev–Trinajstić information content (AvgIpc) is 2.25. The van der Waals surface area contributed by atoms with Gasteiger partial charge in [0.2, 0.25) is 0 Å². The molecule has 1 rings (SSSR count). The molecule has 1 N–H and O–H groups in total. The molecule has 0 unspecified atom stereocenters. The number of thioether (sulfide) groups is 1. The van der Waals surface area contributed by atoms with Crippen molar-refractivity contribution < 1.29 is 9.90 Å². The number of amides is 1. The van der Waals surface area contributed by atoms with Crippen molar-refractivity contribution in [2.45, 2.75) is 4.90 Å². The fourth-order valence-corrected chi connectivity index (χ4v) is 1.85. The lowest BCUT2D eigenvalue weighted by atomic mass is 10.3. The normalized spacial score (nSPS) is 9.33. The van der Waals surface area contributed by atoms with Crippen LogP contribution >= 0.6 is 11.8 Å². The maximum Gasteiger partial charge on any atom is 0.411 e. The molecule has 4 heteroatoms. The lowest BCUT2D eigenvalue weighted by molar-refractivity contribution is 0.203. The zero-order chi connectivity index (χ0) is 11.3. The fraction of sp³-hybridized carbons (Fsp3) is 0.182. The summed E-state index contributed by atoms with van der Waals surface area (Å²) in [5.41, 5.74) is 0.658. The number of carbonyl (C=O) groups is 1. The Labute approximate surface area is 93.1 Å². The van der Waals surface area contributed by atoms with Crippen molar-refractivity contribution in [2.24, 2.45) is 0 Å². The predicted octanol–water partition coefficient (Wildman–Crippen LogP) is 2.53. The van der Waals surface area contributed by atoms with Crippen LogP contribution in [0.2, 0.25) is 0 Å². The highest BCUT2D eigenvalue weighted by Gasteiger charge is 2.12. The molecule has 15 heavy (non-hydrogen) atoms. The number of terminal acetylenes is 1. The van der Waals surface area contributed by atoms with Crippen LogP contribution in [-0.4, -0.2) is 24.0 Å². The summed E-state index contributed by atoms with van der Waals surface area (Å²) >= 11 is 1.45.